The lowest BCUT2D eigenvalue weighted by atomic mass is 9.63. The van der Waals surface area contributed by atoms with Gasteiger partial charge in [-0.2, -0.15) is 0 Å². The number of fused-ring (bicyclic) bond motifs is 2. The molecule has 3 aromatic rings. The molecule has 1 amide bonds. The third-order valence-electron chi connectivity index (χ3n) is 6.39. The van der Waals surface area contributed by atoms with Crippen molar-refractivity contribution in [2.24, 2.45) is 0 Å². The van der Waals surface area contributed by atoms with Gasteiger partial charge in [0, 0.05) is 5.56 Å². The summed E-state index contributed by atoms with van der Waals surface area (Å²) in [6, 6.07) is 18.6. The highest BCUT2D eigenvalue weighted by Crippen LogP contribution is 2.46. The second-order valence-corrected chi connectivity index (χ2v) is 9.25. The van der Waals surface area contributed by atoms with Crippen LogP contribution in [-0.2, 0) is 10.8 Å². The zero-order valence-corrected chi connectivity index (χ0v) is 17.0. The van der Waals surface area contributed by atoms with E-state index in [-0.39, 0.29) is 10.8 Å². The number of hydrogen-bond donors (Lipinski definition) is 2. The normalized spacial score (nSPS) is 17.2. The summed E-state index contributed by atoms with van der Waals surface area (Å²) in [5.74, 6) is -0.495. The van der Waals surface area contributed by atoms with E-state index >= 15 is 0 Å². The SMILES string of the molecule is CC1(C)CCC(C)(C)c2cc(-c3ccc4ccc(C(=O)NO)cc4c3)ccc21. The maximum atomic E-state index is 11.7. The molecule has 3 nitrogen and oxygen atoms in total. The van der Waals surface area contributed by atoms with Crippen molar-refractivity contribution in [1.82, 2.24) is 5.48 Å². The predicted molar refractivity (Wildman–Crippen MR) is 114 cm³/mol. The second-order valence-electron chi connectivity index (χ2n) is 9.25. The van der Waals surface area contributed by atoms with Gasteiger partial charge in [0.25, 0.3) is 5.91 Å². The Balaban J connectivity index is 1.83. The van der Waals surface area contributed by atoms with Crippen molar-refractivity contribution >= 4 is 16.7 Å². The summed E-state index contributed by atoms with van der Waals surface area (Å²) < 4.78 is 0. The number of hydroxylamine groups is 1. The van der Waals surface area contributed by atoms with Crippen molar-refractivity contribution in [2.45, 2.75) is 51.4 Å². The van der Waals surface area contributed by atoms with Crippen molar-refractivity contribution in [3.8, 4) is 11.1 Å². The summed E-state index contributed by atoms with van der Waals surface area (Å²) in [6.45, 7) is 9.35. The van der Waals surface area contributed by atoms with E-state index in [0.29, 0.717) is 5.56 Å². The lowest BCUT2D eigenvalue weighted by Crippen LogP contribution is -2.33. The van der Waals surface area contributed by atoms with Crippen LogP contribution < -0.4 is 5.48 Å². The molecule has 3 aromatic carbocycles. The average molecular weight is 373 g/mol. The predicted octanol–water partition coefficient (Wildman–Crippen LogP) is 5.97. The Morgan fingerprint density at radius 1 is 0.786 bits per heavy atom. The molecule has 0 aliphatic heterocycles. The van der Waals surface area contributed by atoms with Crippen molar-refractivity contribution in [3.05, 3.63) is 71.3 Å². The van der Waals surface area contributed by atoms with Gasteiger partial charge < -0.3 is 0 Å². The standard InChI is InChI=1S/C25H27NO2/c1-24(2)11-12-25(3,4)22-15-18(9-10-21(22)24)17-7-5-16-6-8-19(23(27)26-28)14-20(16)13-17/h5-10,13-15,28H,11-12H2,1-4H3,(H,26,27). The summed E-state index contributed by atoms with van der Waals surface area (Å²) in [7, 11) is 0. The minimum atomic E-state index is -0.495. The van der Waals surface area contributed by atoms with E-state index < -0.39 is 5.91 Å². The summed E-state index contributed by atoms with van der Waals surface area (Å²) in [5, 5.41) is 10.9. The smallest absolute Gasteiger partial charge is 0.274 e. The van der Waals surface area contributed by atoms with Gasteiger partial charge in [0.2, 0.25) is 0 Å². The molecule has 0 bridgehead atoms. The second kappa shape index (κ2) is 6.46. The van der Waals surface area contributed by atoms with Crippen LogP contribution in [-0.4, -0.2) is 11.1 Å². The molecule has 0 saturated heterocycles. The highest BCUT2D eigenvalue weighted by molar-refractivity contribution is 5.98. The fourth-order valence-corrected chi connectivity index (χ4v) is 4.40. The molecule has 0 heterocycles. The van der Waals surface area contributed by atoms with Gasteiger partial charge in [-0.25, -0.2) is 5.48 Å². The van der Waals surface area contributed by atoms with E-state index in [1.165, 1.54) is 29.5 Å². The number of carbonyl (C=O) groups is 1. The molecule has 0 unspecified atom stereocenters. The summed E-state index contributed by atoms with van der Waals surface area (Å²) >= 11 is 0. The minimum Gasteiger partial charge on any atom is -0.288 e. The van der Waals surface area contributed by atoms with Crippen LogP contribution in [0.15, 0.2) is 54.6 Å². The molecule has 4 rings (SSSR count). The molecule has 28 heavy (non-hydrogen) atoms. The van der Waals surface area contributed by atoms with Crippen LogP contribution in [0.25, 0.3) is 21.9 Å². The van der Waals surface area contributed by atoms with Crippen LogP contribution in [0.1, 0.15) is 62.0 Å². The van der Waals surface area contributed by atoms with Crippen LogP contribution in [0.5, 0.6) is 0 Å². The van der Waals surface area contributed by atoms with Crippen LogP contribution in [0.4, 0.5) is 0 Å². The Morgan fingerprint density at radius 2 is 1.39 bits per heavy atom. The van der Waals surface area contributed by atoms with Crippen molar-refractivity contribution < 1.29 is 10.0 Å². The molecule has 0 aromatic heterocycles. The van der Waals surface area contributed by atoms with E-state index in [4.69, 9.17) is 5.21 Å². The Hall–Kier alpha value is -2.65. The van der Waals surface area contributed by atoms with Gasteiger partial charge in [0.05, 0.1) is 0 Å². The van der Waals surface area contributed by atoms with Crippen molar-refractivity contribution in [3.63, 3.8) is 0 Å². The van der Waals surface area contributed by atoms with Gasteiger partial charge in [0.1, 0.15) is 0 Å². The number of amides is 1. The first kappa shape index (κ1) is 18.7. The molecule has 0 saturated carbocycles. The molecule has 144 valence electrons. The first-order chi connectivity index (χ1) is 13.2. The van der Waals surface area contributed by atoms with E-state index in [9.17, 15) is 4.79 Å². The van der Waals surface area contributed by atoms with Crippen molar-refractivity contribution in [1.29, 1.82) is 0 Å². The number of carbonyl (C=O) groups excluding carboxylic acids is 1. The van der Waals surface area contributed by atoms with Crippen molar-refractivity contribution in [2.75, 3.05) is 0 Å². The molecular weight excluding hydrogens is 346 g/mol. The third kappa shape index (κ3) is 3.10. The Morgan fingerprint density at radius 3 is 2.11 bits per heavy atom. The molecule has 0 fully saturated rings. The van der Waals surface area contributed by atoms with Crippen LogP contribution in [0.3, 0.4) is 0 Å². The average Bonchev–Trinajstić information content (AvgIpc) is 2.70. The van der Waals surface area contributed by atoms with Gasteiger partial charge >= 0.3 is 0 Å². The van der Waals surface area contributed by atoms with E-state index in [2.05, 4.69) is 64.1 Å². The monoisotopic (exact) mass is 373 g/mol. The number of nitrogens with one attached hydrogen (secondary N) is 1. The van der Waals surface area contributed by atoms with Crippen LogP contribution in [0.2, 0.25) is 0 Å². The lowest BCUT2D eigenvalue weighted by molar-refractivity contribution is 0.0706. The summed E-state index contributed by atoms with van der Waals surface area (Å²) in [6.07, 6.45) is 2.39. The number of rotatable bonds is 2. The highest BCUT2D eigenvalue weighted by Gasteiger charge is 2.36. The zero-order valence-electron chi connectivity index (χ0n) is 17.0. The first-order valence-corrected chi connectivity index (χ1v) is 9.85. The van der Waals surface area contributed by atoms with Gasteiger partial charge in [-0.05, 0) is 74.9 Å². The number of hydrogen-bond acceptors (Lipinski definition) is 2. The Labute approximate surface area is 166 Å². The zero-order chi connectivity index (χ0) is 20.1. The topological polar surface area (TPSA) is 49.3 Å². The van der Waals surface area contributed by atoms with Crippen LogP contribution in [0, 0.1) is 0 Å². The fraction of sp³-hybridized carbons (Fsp3) is 0.320. The van der Waals surface area contributed by atoms with E-state index in [1.807, 2.05) is 12.1 Å². The molecule has 1 aliphatic carbocycles. The molecule has 1 aliphatic rings. The largest absolute Gasteiger partial charge is 0.288 e. The van der Waals surface area contributed by atoms with Gasteiger partial charge in [-0.3, -0.25) is 10.0 Å². The molecule has 3 heteroatoms. The molecule has 0 radical (unpaired) electrons. The lowest BCUT2D eigenvalue weighted by Gasteiger charge is -2.42. The maximum Gasteiger partial charge on any atom is 0.274 e. The third-order valence-corrected chi connectivity index (χ3v) is 6.39. The molecule has 2 N–H and O–H groups in total. The summed E-state index contributed by atoms with van der Waals surface area (Å²) in [4.78, 5) is 11.7. The molecule has 0 atom stereocenters. The van der Waals surface area contributed by atoms with Gasteiger partial charge in [-0.1, -0.05) is 64.1 Å². The molecule has 0 spiro atoms. The highest BCUT2D eigenvalue weighted by atomic mass is 16.5. The molecular formula is C25H27NO2. The minimum absolute atomic E-state index is 0.171. The van der Waals surface area contributed by atoms with E-state index in [0.717, 1.165) is 16.3 Å². The van der Waals surface area contributed by atoms with Crippen LogP contribution >= 0.6 is 0 Å². The Bertz CT molecular complexity index is 1080. The number of benzene rings is 3. The van der Waals surface area contributed by atoms with Gasteiger partial charge in [-0.15, -0.1) is 0 Å². The maximum absolute atomic E-state index is 11.7. The quantitative estimate of drug-likeness (QED) is 0.429. The Kier molecular flexibility index (Phi) is 4.31. The van der Waals surface area contributed by atoms with E-state index in [1.54, 1.807) is 11.5 Å². The first-order valence-electron chi connectivity index (χ1n) is 9.85. The van der Waals surface area contributed by atoms with Gasteiger partial charge in [0.15, 0.2) is 0 Å². The summed E-state index contributed by atoms with van der Waals surface area (Å²) in [5.41, 5.74) is 7.75. The fourth-order valence-electron chi connectivity index (χ4n) is 4.40.